The van der Waals surface area contributed by atoms with E-state index in [1.165, 1.54) is 36.4 Å². The summed E-state index contributed by atoms with van der Waals surface area (Å²) >= 11 is 0. The Morgan fingerprint density at radius 1 is 0.379 bits per heavy atom. The molecule has 7 aromatic rings. The lowest BCUT2D eigenvalue weighted by Crippen LogP contribution is -1.91. The number of nitro benzene ring substituents is 3. The molecular weight excluding hydrogens is 735 g/mol. The summed E-state index contributed by atoms with van der Waals surface area (Å²) in [7, 11) is 0. The molecule has 2 aliphatic heterocycles. The van der Waals surface area contributed by atoms with Crippen molar-refractivity contribution in [3.05, 3.63) is 180 Å². The van der Waals surface area contributed by atoms with Crippen molar-refractivity contribution in [2.75, 3.05) is 0 Å². The zero-order valence-electron chi connectivity index (χ0n) is 30.5. The smallest absolute Gasteiger partial charge is 0.269 e. The van der Waals surface area contributed by atoms with Crippen LogP contribution in [0.4, 0.5) is 17.1 Å². The van der Waals surface area contributed by atoms with Crippen LogP contribution in [0.25, 0.3) is 90.9 Å². The maximum atomic E-state index is 11.6. The molecule has 9 rings (SSSR count). The fraction of sp³-hybridized carbons (Fsp3) is 0.0222. The molecule has 0 saturated carbocycles. The first-order valence-electron chi connectivity index (χ1n) is 18.1. The van der Waals surface area contributed by atoms with Crippen LogP contribution >= 0.6 is 0 Å². The molecule has 2 aliphatic rings. The van der Waals surface area contributed by atoms with Gasteiger partial charge in [0, 0.05) is 80.7 Å². The molecule has 0 amide bonds. The van der Waals surface area contributed by atoms with Gasteiger partial charge in [0.1, 0.15) is 0 Å². The second-order valence-electron chi connectivity index (χ2n) is 13.8. The molecule has 0 fully saturated rings. The van der Waals surface area contributed by atoms with E-state index in [1.807, 2.05) is 79.8 Å². The molecule has 2 N–H and O–H groups in total. The fourth-order valence-corrected chi connectivity index (χ4v) is 7.39. The number of nitrogens with one attached hydrogen (secondary N) is 2. The van der Waals surface area contributed by atoms with Crippen LogP contribution in [-0.4, -0.2) is 34.7 Å². The van der Waals surface area contributed by atoms with Gasteiger partial charge in [-0.25, -0.2) is 9.97 Å². The average Bonchev–Trinajstić information content (AvgIpc) is 4.07. The summed E-state index contributed by atoms with van der Waals surface area (Å²) in [6.45, 7) is 2.02. The van der Waals surface area contributed by atoms with Crippen molar-refractivity contribution in [2.45, 2.75) is 6.92 Å². The van der Waals surface area contributed by atoms with Gasteiger partial charge >= 0.3 is 0 Å². The standard InChI is InChI=1S/C45H29N7O6/c1-26-2-4-27(5-3-26)42-34-18-20-36(46-34)43(28-6-12-31(13-7-28)50(53)54)38-22-24-40(48-38)45(30-10-16-33(17-11-30)52(57)58)41-25-23-39(49-41)44(37-21-19-35(42)47-37)29-8-14-32(15-9-29)51(55)56/h2-25,46,49H,1H3. The number of benzene rings is 4. The van der Waals surface area contributed by atoms with Gasteiger partial charge in [0.15, 0.2) is 0 Å². The maximum absolute atomic E-state index is 11.6. The number of H-pyrrole nitrogens is 2. The molecule has 5 heterocycles. The number of non-ortho nitro benzene ring substituents is 3. The highest BCUT2D eigenvalue weighted by Gasteiger charge is 2.20. The molecule has 3 aromatic heterocycles. The third-order valence-corrected chi connectivity index (χ3v) is 10.2. The molecule has 0 aliphatic carbocycles. The van der Waals surface area contributed by atoms with Crippen LogP contribution in [0.15, 0.2) is 121 Å². The second-order valence-corrected chi connectivity index (χ2v) is 13.8. The molecule has 13 nitrogen and oxygen atoms in total. The Kier molecular flexibility index (Phi) is 8.59. The lowest BCUT2D eigenvalue weighted by Gasteiger charge is -2.07. The predicted molar refractivity (Wildman–Crippen MR) is 225 cm³/mol. The van der Waals surface area contributed by atoms with E-state index < -0.39 is 14.8 Å². The first-order valence-corrected chi connectivity index (χ1v) is 18.1. The third kappa shape index (κ3) is 6.37. The predicted octanol–water partition coefficient (Wildman–Crippen LogP) is 11.4. The Bertz CT molecular complexity index is 3020. The van der Waals surface area contributed by atoms with Crippen molar-refractivity contribution < 1.29 is 14.8 Å². The number of aromatic amines is 2. The van der Waals surface area contributed by atoms with E-state index in [1.54, 1.807) is 36.4 Å². The molecular formula is C45H29N7O6. The molecule has 0 atom stereocenters. The Hall–Kier alpha value is -8.32. The van der Waals surface area contributed by atoms with Crippen LogP contribution < -0.4 is 0 Å². The SMILES string of the molecule is Cc1ccc(-c2c3nc(c(-c4ccc([N+](=O)[O-])cc4)c4ccc([nH]4)c(-c4ccc([N+](=O)[O-])cc4)c4nc(c(-c5ccc([N+](=O)[O-])cc5)c5ccc2[nH]5)C=C4)C=C3)cc1. The van der Waals surface area contributed by atoms with Crippen molar-refractivity contribution in [1.29, 1.82) is 0 Å². The molecule has 0 spiro atoms. The van der Waals surface area contributed by atoms with E-state index in [0.29, 0.717) is 72.7 Å². The van der Waals surface area contributed by atoms with Gasteiger partial charge in [0.05, 0.1) is 37.5 Å². The zero-order chi connectivity index (χ0) is 40.1. The number of fused-ring (bicyclic) bond motifs is 8. The topological polar surface area (TPSA) is 187 Å². The number of rotatable bonds is 7. The minimum absolute atomic E-state index is 0.0461. The summed E-state index contributed by atoms with van der Waals surface area (Å²) in [6.07, 6.45) is 7.61. The largest absolute Gasteiger partial charge is 0.354 e. The molecule has 280 valence electrons. The van der Waals surface area contributed by atoms with Crippen molar-refractivity contribution in [1.82, 2.24) is 19.9 Å². The number of nitrogens with zero attached hydrogens (tertiary/aromatic N) is 5. The van der Waals surface area contributed by atoms with Crippen LogP contribution in [0.2, 0.25) is 0 Å². The Balaban J connectivity index is 1.44. The first kappa shape index (κ1) is 35.4. The Labute approximate surface area is 328 Å². The number of hydrogen-bond acceptors (Lipinski definition) is 8. The fourth-order valence-electron chi connectivity index (χ4n) is 7.39. The molecule has 0 radical (unpaired) electrons. The van der Waals surface area contributed by atoms with Gasteiger partial charge in [0.2, 0.25) is 0 Å². The minimum Gasteiger partial charge on any atom is -0.354 e. The van der Waals surface area contributed by atoms with E-state index >= 15 is 0 Å². The number of aromatic nitrogens is 4. The first-order chi connectivity index (χ1) is 28.1. The summed E-state index contributed by atoms with van der Waals surface area (Å²) in [5.74, 6) is 0. The van der Waals surface area contributed by atoms with Crippen LogP contribution in [0.1, 0.15) is 28.3 Å². The minimum atomic E-state index is -0.455. The highest BCUT2D eigenvalue weighted by molar-refractivity contribution is 6.00. The molecule has 58 heavy (non-hydrogen) atoms. The van der Waals surface area contributed by atoms with Gasteiger partial charge in [-0.3, -0.25) is 30.3 Å². The summed E-state index contributed by atoms with van der Waals surface area (Å²) in [5, 5.41) is 34.9. The maximum Gasteiger partial charge on any atom is 0.269 e. The van der Waals surface area contributed by atoms with Gasteiger partial charge in [-0.05, 0) is 114 Å². The number of hydrogen-bond donors (Lipinski definition) is 2. The highest BCUT2D eigenvalue weighted by atomic mass is 16.6. The van der Waals surface area contributed by atoms with Crippen LogP contribution in [-0.2, 0) is 0 Å². The summed E-state index contributed by atoms with van der Waals surface area (Å²) in [5.41, 5.74) is 12.0. The second kappa shape index (κ2) is 14.1. The van der Waals surface area contributed by atoms with E-state index in [2.05, 4.69) is 9.97 Å². The van der Waals surface area contributed by atoms with Gasteiger partial charge in [-0.1, -0.05) is 29.8 Å². The molecule has 0 saturated heterocycles. The van der Waals surface area contributed by atoms with Crippen LogP contribution in [0.3, 0.4) is 0 Å². The summed E-state index contributed by atoms with van der Waals surface area (Å²) in [4.78, 5) is 51.1. The van der Waals surface area contributed by atoms with Crippen molar-refractivity contribution >= 4 is 63.4 Å². The molecule has 0 unspecified atom stereocenters. The van der Waals surface area contributed by atoms with Gasteiger partial charge in [-0.15, -0.1) is 0 Å². The normalized spacial score (nSPS) is 11.8. The number of aryl methyl sites for hydroxylation is 1. The molecule has 13 heteroatoms. The van der Waals surface area contributed by atoms with E-state index in [-0.39, 0.29) is 17.1 Å². The Morgan fingerprint density at radius 3 is 0.862 bits per heavy atom. The highest BCUT2D eigenvalue weighted by Crippen LogP contribution is 2.39. The van der Waals surface area contributed by atoms with Gasteiger partial charge < -0.3 is 9.97 Å². The number of nitro groups is 3. The van der Waals surface area contributed by atoms with E-state index in [0.717, 1.165) is 22.2 Å². The van der Waals surface area contributed by atoms with Crippen LogP contribution in [0, 0.1) is 37.3 Å². The van der Waals surface area contributed by atoms with E-state index in [9.17, 15) is 30.3 Å². The van der Waals surface area contributed by atoms with Gasteiger partial charge in [0.25, 0.3) is 17.1 Å². The zero-order valence-corrected chi connectivity index (χ0v) is 30.5. The van der Waals surface area contributed by atoms with Crippen molar-refractivity contribution in [3.8, 4) is 44.5 Å². The lowest BCUT2D eigenvalue weighted by molar-refractivity contribution is -0.385. The van der Waals surface area contributed by atoms with E-state index in [4.69, 9.17) is 9.97 Å². The Morgan fingerprint density at radius 2 is 0.621 bits per heavy atom. The molecule has 4 aromatic carbocycles. The quantitative estimate of drug-likeness (QED) is 0.118. The summed E-state index contributed by atoms with van der Waals surface area (Å²) < 4.78 is 0. The average molecular weight is 764 g/mol. The molecule has 8 bridgehead atoms. The third-order valence-electron chi connectivity index (χ3n) is 10.2. The van der Waals surface area contributed by atoms with Crippen molar-refractivity contribution in [2.24, 2.45) is 0 Å². The van der Waals surface area contributed by atoms with Crippen molar-refractivity contribution in [3.63, 3.8) is 0 Å². The monoisotopic (exact) mass is 763 g/mol. The van der Waals surface area contributed by atoms with Gasteiger partial charge in [-0.2, -0.15) is 0 Å². The lowest BCUT2D eigenvalue weighted by atomic mass is 10.0. The van der Waals surface area contributed by atoms with Crippen LogP contribution in [0.5, 0.6) is 0 Å². The summed E-state index contributed by atoms with van der Waals surface area (Å²) in [6, 6.07) is 34.7.